The lowest BCUT2D eigenvalue weighted by Crippen LogP contribution is -2.16. The third kappa shape index (κ3) is 4.29. The van der Waals surface area contributed by atoms with E-state index in [0.717, 1.165) is 38.2 Å². The molecule has 3 aromatic carbocycles. The van der Waals surface area contributed by atoms with Crippen molar-refractivity contribution in [3.8, 4) is 5.75 Å². The Morgan fingerprint density at radius 2 is 1.58 bits per heavy atom. The molecule has 6 heteroatoms. The molecular formula is C25H22F4O2. The molecule has 1 fully saturated rings. The zero-order chi connectivity index (χ0) is 22.1. The topological polar surface area (TPSA) is 26.3 Å². The van der Waals surface area contributed by atoms with Crippen molar-refractivity contribution in [3.05, 3.63) is 76.9 Å². The molecule has 0 bridgehead atoms. The van der Waals surface area contributed by atoms with Crippen LogP contribution in [0.5, 0.6) is 5.75 Å². The molecule has 0 amide bonds. The fourth-order valence-corrected chi connectivity index (χ4v) is 4.39. The number of rotatable bonds is 4. The van der Waals surface area contributed by atoms with E-state index in [1.807, 2.05) is 0 Å². The van der Waals surface area contributed by atoms with Crippen molar-refractivity contribution in [2.45, 2.75) is 44.9 Å². The van der Waals surface area contributed by atoms with Crippen LogP contribution < -0.4 is 4.74 Å². The van der Waals surface area contributed by atoms with Gasteiger partial charge in [0, 0.05) is 5.39 Å². The third-order valence-corrected chi connectivity index (χ3v) is 6.25. The minimum atomic E-state index is -1.18. The molecule has 31 heavy (non-hydrogen) atoms. The molecule has 0 heterocycles. The van der Waals surface area contributed by atoms with E-state index < -0.39 is 34.8 Å². The van der Waals surface area contributed by atoms with Gasteiger partial charge in [-0.05, 0) is 84.9 Å². The first-order valence-corrected chi connectivity index (χ1v) is 10.5. The van der Waals surface area contributed by atoms with Crippen molar-refractivity contribution in [1.29, 1.82) is 0 Å². The second-order valence-corrected chi connectivity index (χ2v) is 8.12. The normalized spacial score (nSPS) is 18.9. The van der Waals surface area contributed by atoms with Gasteiger partial charge in [-0.15, -0.1) is 0 Å². The van der Waals surface area contributed by atoms with Gasteiger partial charge in [0.1, 0.15) is 22.9 Å². The Hall–Kier alpha value is -2.89. The molecule has 0 radical (unpaired) electrons. The minimum absolute atomic E-state index is 0.0132. The molecule has 1 saturated carbocycles. The van der Waals surface area contributed by atoms with Gasteiger partial charge in [-0.2, -0.15) is 0 Å². The smallest absolute Gasteiger partial charge is 0.349 e. The largest absolute Gasteiger partial charge is 0.423 e. The highest BCUT2D eigenvalue weighted by Gasteiger charge is 2.26. The predicted octanol–water partition coefficient (Wildman–Crippen LogP) is 7.30. The summed E-state index contributed by atoms with van der Waals surface area (Å²) >= 11 is 0. The number of fused-ring (bicyclic) bond motifs is 1. The Morgan fingerprint density at radius 1 is 0.903 bits per heavy atom. The maximum Gasteiger partial charge on any atom is 0.349 e. The number of carbonyl (C=O) groups is 1. The van der Waals surface area contributed by atoms with E-state index in [-0.39, 0.29) is 17.1 Å². The van der Waals surface area contributed by atoms with E-state index in [1.54, 1.807) is 0 Å². The number of ether oxygens (including phenoxy) is 1. The Morgan fingerprint density at radius 3 is 2.23 bits per heavy atom. The molecular weight excluding hydrogens is 408 g/mol. The van der Waals surface area contributed by atoms with E-state index in [0.29, 0.717) is 16.9 Å². The molecule has 162 valence electrons. The van der Waals surface area contributed by atoms with E-state index >= 15 is 0 Å². The first kappa shape index (κ1) is 21.3. The Kier molecular flexibility index (Phi) is 5.99. The minimum Gasteiger partial charge on any atom is -0.423 e. The SMILES string of the molecule is CCC1CCC(c2cc(F)c(C(=O)Oc3ccc4c(F)c(F)ccc4c3)c(F)c2)CC1. The molecule has 2 nitrogen and oxygen atoms in total. The Labute approximate surface area is 177 Å². The number of halogens is 4. The molecule has 1 aliphatic carbocycles. The summed E-state index contributed by atoms with van der Waals surface area (Å²) in [4.78, 5) is 12.4. The van der Waals surface area contributed by atoms with Crippen LogP contribution in [-0.2, 0) is 0 Å². The Bertz CT molecular complexity index is 1110. The number of hydrogen-bond donors (Lipinski definition) is 0. The maximum absolute atomic E-state index is 14.7. The van der Waals surface area contributed by atoms with Crippen molar-refractivity contribution >= 4 is 16.7 Å². The van der Waals surface area contributed by atoms with Gasteiger partial charge < -0.3 is 4.74 Å². The second kappa shape index (κ2) is 8.69. The van der Waals surface area contributed by atoms with Crippen molar-refractivity contribution in [2.75, 3.05) is 0 Å². The van der Waals surface area contributed by atoms with Gasteiger partial charge >= 0.3 is 5.97 Å². The standard InChI is InChI=1S/C25H22F4O2/c1-2-14-3-5-15(6-4-14)17-12-21(27)23(22(28)13-17)25(30)31-18-8-9-19-16(11-18)7-10-20(26)24(19)29/h7-15H,2-6H2,1H3. The van der Waals surface area contributed by atoms with E-state index in [9.17, 15) is 22.4 Å². The van der Waals surface area contributed by atoms with Crippen molar-refractivity contribution in [2.24, 2.45) is 5.92 Å². The Balaban J connectivity index is 1.55. The number of esters is 1. The van der Waals surface area contributed by atoms with Gasteiger partial charge in [0.05, 0.1) is 0 Å². The van der Waals surface area contributed by atoms with Crippen LogP contribution in [0.4, 0.5) is 17.6 Å². The lowest BCUT2D eigenvalue weighted by Gasteiger charge is -2.28. The quantitative estimate of drug-likeness (QED) is 0.247. The van der Waals surface area contributed by atoms with Gasteiger partial charge in [-0.25, -0.2) is 22.4 Å². The fourth-order valence-electron chi connectivity index (χ4n) is 4.39. The zero-order valence-corrected chi connectivity index (χ0v) is 17.1. The first-order chi connectivity index (χ1) is 14.9. The molecule has 0 aromatic heterocycles. The molecule has 0 aliphatic heterocycles. The lowest BCUT2D eigenvalue weighted by atomic mass is 9.77. The van der Waals surface area contributed by atoms with Crippen LogP contribution in [0.15, 0.2) is 42.5 Å². The summed E-state index contributed by atoms with van der Waals surface area (Å²) in [6.07, 6.45) is 4.91. The lowest BCUT2D eigenvalue weighted by molar-refractivity contribution is 0.0724. The summed E-state index contributed by atoms with van der Waals surface area (Å²) in [5, 5.41) is 0.308. The van der Waals surface area contributed by atoms with Gasteiger partial charge in [-0.1, -0.05) is 19.4 Å². The summed E-state index contributed by atoms with van der Waals surface area (Å²) in [5.74, 6) is -4.42. The van der Waals surface area contributed by atoms with Crippen LogP contribution in [0.1, 0.15) is 60.9 Å². The van der Waals surface area contributed by atoms with E-state index in [1.165, 1.54) is 36.4 Å². The monoisotopic (exact) mass is 430 g/mol. The van der Waals surface area contributed by atoms with Gasteiger partial charge in [0.25, 0.3) is 0 Å². The molecule has 0 N–H and O–H groups in total. The van der Waals surface area contributed by atoms with Crippen molar-refractivity contribution < 1.29 is 27.1 Å². The van der Waals surface area contributed by atoms with Gasteiger partial charge in [-0.3, -0.25) is 0 Å². The van der Waals surface area contributed by atoms with Gasteiger partial charge in [0.15, 0.2) is 11.6 Å². The molecule has 1 aliphatic rings. The van der Waals surface area contributed by atoms with Crippen LogP contribution >= 0.6 is 0 Å². The summed E-state index contributed by atoms with van der Waals surface area (Å²) in [6.45, 7) is 2.15. The van der Waals surface area contributed by atoms with Crippen LogP contribution in [0.2, 0.25) is 0 Å². The fraction of sp³-hybridized carbons (Fsp3) is 0.320. The highest BCUT2D eigenvalue weighted by Crippen LogP contribution is 2.38. The van der Waals surface area contributed by atoms with Crippen LogP contribution in [0.3, 0.4) is 0 Å². The van der Waals surface area contributed by atoms with Crippen molar-refractivity contribution in [1.82, 2.24) is 0 Å². The summed E-state index contributed by atoms with van der Waals surface area (Å²) < 4.78 is 61.6. The number of carbonyl (C=O) groups excluding carboxylic acids is 1. The highest BCUT2D eigenvalue weighted by molar-refractivity contribution is 5.93. The maximum atomic E-state index is 14.7. The van der Waals surface area contributed by atoms with Crippen LogP contribution in [0.25, 0.3) is 10.8 Å². The molecule has 0 unspecified atom stereocenters. The zero-order valence-electron chi connectivity index (χ0n) is 17.1. The number of hydrogen-bond acceptors (Lipinski definition) is 2. The number of benzene rings is 3. The van der Waals surface area contributed by atoms with E-state index in [4.69, 9.17) is 4.74 Å². The average Bonchev–Trinajstić information content (AvgIpc) is 2.76. The van der Waals surface area contributed by atoms with Crippen molar-refractivity contribution in [3.63, 3.8) is 0 Å². The molecule has 3 aromatic rings. The van der Waals surface area contributed by atoms with Crippen LogP contribution in [0, 0.1) is 29.2 Å². The van der Waals surface area contributed by atoms with E-state index in [2.05, 4.69) is 6.92 Å². The summed E-state index contributed by atoms with van der Waals surface area (Å²) in [5.41, 5.74) is -0.208. The summed E-state index contributed by atoms with van der Waals surface area (Å²) in [7, 11) is 0. The molecule has 0 spiro atoms. The third-order valence-electron chi connectivity index (χ3n) is 6.25. The average molecular weight is 430 g/mol. The molecule has 0 atom stereocenters. The second-order valence-electron chi connectivity index (χ2n) is 8.12. The first-order valence-electron chi connectivity index (χ1n) is 10.5. The molecule has 0 saturated heterocycles. The van der Waals surface area contributed by atoms with Crippen LogP contribution in [-0.4, -0.2) is 5.97 Å². The highest BCUT2D eigenvalue weighted by atomic mass is 19.2. The molecule has 4 rings (SSSR count). The predicted molar refractivity (Wildman–Crippen MR) is 110 cm³/mol. The summed E-state index contributed by atoms with van der Waals surface area (Å²) in [6, 6.07) is 8.53. The van der Waals surface area contributed by atoms with Gasteiger partial charge in [0.2, 0.25) is 0 Å².